The molecule has 0 aliphatic carbocycles. The molecule has 8 heteroatoms. The molecule has 0 aliphatic rings. The van der Waals surface area contributed by atoms with Gasteiger partial charge in [-0.1, -0.05) is 17.7 Å². The molecule has 0 atom stereocenters. The fraction of sp³-hybridized carbons (Fsp3) is 0.333. The van der Waals surface area contributed by atoms with E-state index in [0.29, 0.717) is 18.0 Å². The number of hydrogen-bond acceptors (Lipinski definition) is 5. The maximum Gasteiger partial charge on any atom is 0.329 e. The number of aromatic nitrogens is 4. The number of nitrogens with zero attached hydrogens (tertiary/aromatic N) is 2. The van der Waals surface area contributed by atoms with Crippen molar-refractivity contribution in [3.8, 4) is 11.8 Å². The molecule has 2 rings (SSSR count). The topological polar surface area (TPSA) is 101 Å². The van der Waals surface area contributed by atoms with Crippen molar-refractivity contribution in [2.75, 3.05) is 5.75 Å². The lowest BCUT2D eigenvalue weighted by Gasteiger charge is -1.94. The fourth-order valence-electron chi connectivity index (χ4n) is 1.56. The minimum Gasteiger partial charge on any atom is -0.325 e. The first kappa shape index (κ1) is 14.1. The van der Waals surface area contributed by atoms with Crippen LogP contribution in [0.5, 0.6) is 0 Å². The Hall–Kier alpha value is -2.27. The summed E-state index contributed by atoms with van der Waals surface area (Å²) in [5.74, 6) is 6.56. The molecule has 0 aliphatic heterocycles. The Kier molecular flexibility index (Phi) is 4.10. The Bertz CT molecular complexity index is 834. The average Bonchev–Trinajstić information content (AvgIpc) is 2.80. The van der Waals surface area contributed by atoms with Gasteiger partial charge in [0.15, 0.2) is 22.1 Å². The van der Waals surface area contributed by atoms with E-state index in [2.05, 4.69) is 26.8 Å². The third-order valence-corrected chi connectivity index (χ3v) is 3.31. The number of H-pyrrole nitrogens is 2. The predicted molar refractivity (Wildman–Crippen MR) is 76.6 cm³/mol. The molecule has 0 spiro atoms. The number of aromatic amines is 2. The van der Waals surface area contributed by atoms with Gasteiger partial charge in [-0.05, 0) is 5.92 Å². The third-order valence-electron chi connectivity index (χ3n) is 2.49. The van der Waals surface area contributed by atoms with Crippen LogP contribution in [0.15, 0.2) is 9.59 Å². The monoisotopic (exact) mass is 292 g/mol. The van der Waals surface area contributed by atoms with Crippen molar-refractivity contribution in [2.24, 2.45) is 7.05 Å². The molecular formula is C12H12N4O3S. The summed E-state index contributed by atoms with van der Waals surface area (Å²) in [4.78, 5) is 42.8. The molecule has 0 aromatic carbocycles. The second kappa shape index (κ2) is 5.79. The van der Waals surface area contributed by atoms with Gasteiger partial charge < -0.3 is 4.98 Å². The van der Waals surface area contributed by atoms with Crippen LogP contribution in [-0.2, 0) is 11.8 Å². The number of fused-ring (bicyclic) bond motifs is 1. The summed E-state index contributed by atoms with van der Waals surface area (Å²) in [6.45, 7) is 1.50. The van der Waals surface area contributed by atoms with E-state index in [-0.39, 0.29) is 16.3 Å². The lowest BCUT2D eigenvalue weighted by atomic mass is 10.4. The molecule has 2 heterocycles. The standard InChI is InChI=1S/C12H12N4O3S/c1-7(17)20-6-4-3-5-8-13-9-10(14-8)16(2)12(19)15-11(9)18/h4,6H2,1-2H3,(H,13,14)(H,15,18,19). The van der Waals surface area contributed by atoms with Crippen molar-refractivity contribution < 1.29 is 4.79 Å². The summed E-state index contributed by atoms with van der Waals surface area (Å²) in [5.41, 5.74) is -0.558. The third kappa shape index (κ3) is 3.00. The van der Waals surface area contributed by atoms with Gasteiger partial charge in [0, 0.05) is 26.1 Å². The quantitative estimate of drug-likeness (QED) is 0.598. The molecule has 7 nitrogen and oxygen atoms in total. The minimum absolute atomic E-state index is 0.0528. The van der Waals surface area contributed by atoms with Gasteiger partial charge in [0.2, 0.25) is 0 Å². The van der Waals surface area contributed by atoms with Gasteiger partial charge in [-0.3, -0.25) is 19.1 Å². The average molecular weight is 292 g/mol. The van der Waals surface area contributed by atoms with Gasteiger partial charge in [-0.25, -0.2) is 9.78 Å². The van der Waals surface area contributed by atoms with Crippen molar-refractivity contribution in [2.45, 2.75) is 13.3 Å². The molecule has 0 amide bonds. The Morgan fingerprint density at radius 1 is 1.40 bits per heavy atom. The first-order valence-electron chi connectivity index (χ1n) is 5.80. The van der Waals surface area contributed by atoms with Crippen LogP contribution < -0.4 is 11.2 Å². The van der Waals surface area contributed by atoms with Crippen LogP contribution in [0.1, 0.15) is 19.2 Å². The number of imidazole rings is 1. The van der Waals surface area contributed by atoms with Crippen LogP contribution in [-0.4, -0.2) is 30.4 Å². The van der Waals surface area contributed by atoms with E-state index in [4.69, 9.17) is 0 Å². The second-order valence-electron chi connectivity index (χ2n) is 3.99. The number of nitrogens with one attached hydrogen (secondary N) is 2. The minimum atomic E-state index is -0.522. The molecule has 2 aromatic heterocycles. The lowest BCUT2D eigenvalue weighted by molar-refractivity contribution is -0.109. The van der Waals surface area contributed by atoms with E-state index in [1.54, 1.807) is 0 Å². The Balaban J connectivity index is 2.25. The van der Waals surface area contributed by atoms with E-state index in [0.717, 1.165) is 0 Å². The van der Waals surface area contributed by atoms with Gasteiger partial charge in [0.1, 0.15) is 0 Å². The Morgan fingerprint density at radius 3 is 2.85 bits per heavy atom. The molecule has 0 saturated heterocycles. The molecule has 2 aromatic rings. The number of carbonyl (C=O) groups is 1. The Labute approximate surface area is 117 Å². The first-order valence-corrected chi connectivity index (χ1v) is 6.79. The van der Waals surface area contributed by atoms with Crippen LogP contribution in [0, 0.1) is 11.8 Å². The van der Waals surface area contributed by atoms with E-state index in [9.17, 15) is 14.4 Å². The molecule has 2 N–H and O–H groups in total. The van der Waals surface area contributed by atoms with Crippen LogP contribution in [0.4, 0.5) is 0 Å². The predicted octanol–water partition coefficient (Wildman–Crippen LogP) is -0.0288. The zero-order valence-corrected chi connectivity index (χ0v) is 11.8. The van der Waals surface area contributed by atoms with Gasteiger partial charge in [-0.15, -0.1) is 0 Å². The van der Waals surface area contributed by atoms with Crippen molar-refractivity contribution in [3.63, 3.8) is 0 Å². The van der Waals surface area contributed by atoms with E-state index in [1.165, 1.54) is 30.3 Å². The number of rotatable bonds is 2. The molecule has 0 unspecified atom stereocenters. The van der Waals surface area contributed by atoms with Gasteiger partial charge >= 0.3 is 5.69 Å². The maximum absolute atomic E-state index is 11.6. The van der Waals surface area contributed by atoms with Gasteiger partial charge in [0.05, 0.1) is 0 Å². The molecule has 0 fully saturated rings. The first-order chi connectivity index (χ1) is 9.49. The summed E-state index contributed by atoms with van der Waals surface area (Å²) >= 11 is 1.21. The van der Waals surface area contributed by atoms with Gasteiger partial charge in [0.25, 0.3) is 5.56 Å². The highest BCUT2D eigenvalue weighted by molar-refractivity contribution is 8.13. The normalized spacial score (nSPS) is 10.3. The zero-order chi connectivity index (χ0) is 14.7. The largest absolute Gasteiger partial charge is 0.329 e. The van der Waals surface area contributed by atoms with Crippen molar-refractivity contribution in [1.82, 2.24) is 19.5 Å². The highest BCUT2D eigenvalue weighted by atomic mass is 32.2. The van der Waals surface area contributed by atoms with Crippen molar-refractivity contribution in [1.29, 1.82) is 0 Å². The molecule has 0 bridgehead atoms. The van der Waals surface area contributed by atoms with E-state index >= 15 is 0 Å². The van der Waals surface area contributed by atoms with E-state index in [1.807, 2.05) is 0 Å². The van der Waals surface area contributed by atoms with Crippen molar-refractivity contribution >= 4 is 28.0 Å². The summed E-state index contributed by atoms with van der Waals surface area (Å²) in [7, 11) is 1.52. The number of hydrogen-bond donors (Lipinski definition) is 2. The highest BCUT2D eigenvalue weighted by Crippen LogP contribution is 2.04. The van der Waals surface area contributed by atoms with Crippen molar-refractivity contribution in [3.05, 3.63) is 26.7 Å². The summed E-state index contributed by atoms with van der Waals surface area (Å²) < 4.78 is 1.24. The molecule has 104 valence electrons. The fourth-order valence-corrected chi connectivity index (χ4v) is 2.05. The smallest absolute Gasteiger partial charge is 0.325 e. The lowest BCUT2D eigenvalue weighted by Crippen LogP contribution is -2.28. The second-order valence-corrected chi connectivity index (χ2v) is 5.27. The SMILES string of the molecule is CC(=O)SCCC#Cc1nc2c([nH]1)c(=O)[nH]c(=O)n2C. The van der Waals surface area contributed by atoms with Crippen LogP contribution in [0.2, 0.25) is 0 Å². The number of carbonyl (C=O) groups excluding carboxylic acids is 1. The summed E-state index contributed by atoms with van der Waals surface area (Å²) in [6, 6.07) is 0. The maximum atomic E-state index is 11.6. The van der Waals surface area contributed by atoms with Crippen LogP contribution >= 0.6 is 11.8 Å². The van der Waals surface area contributed by atoms with Crippen LogP contribution in [0.3, 0.4) is 0 Å². The van der Waals surface area contributed by atoms with Crippen LogP contribution in [0.25, 0.3) is 11.2 Å². The summed E-state index contributed by atoms with van der Waals surface area (Å²) in [5, 5.41) is 0.0528. The van der Waals surface area contributed by atoms with E-state index < -0.39 is 11.2 Å². The number of aryl methyl sites for hydroxylation is 1. The molecule has 0 saturated carbocycles. The molecular weight excluding hydrogens is 280 g/mol. The summed E-state index contributed by atoms with van der Waals surface area (Å²) in [6.07, 6.45) is 0.538. The highest BCUT2D eigenvalue weighted by Gasteiger charge is 2.09. The zero-order valence-electron chi connectivity index (χ0n) is 10.9. The Morgan fingerprint density at radius 2 is 2.15 bits per heavy atom. The molecule has 20 heavy (non-hydrogen) atoms. The molecule has 0 radical (unpaired) electrons. The van der Waals surface area contributed by atoms with Gasteiger partial charge in [-0.2, -0.15) is 0 Å². The number of thioether (sulfide) groups is 1.